The van der Waals surface area contributed by atoms with Crippen LogP contribution in [0.25, 0.3) is 0 Å². The van der Waals surface area contributed by atoms with E-state index in [1.807, 2.05) is 6.07 Å². The van der Waals surface area contributed by atoms with Crippen molar-refractivity contribution in [3.8, 4) is 6.07 Å². The lowest BCUT2D eigenvalue weighted by Crippen LogP contribution is -2.36. The van der Waals surface area contributed by atoms with E-state index in [0.717, 1.165) is 0 Å². The molecule has 1 aliphatic rings. The zero-order chi connectivity index (χ0) is 14.8. The summed E-state index contributed by atoms with van der Waals surface area (Å²) in [6.07, 6.45) is 1.03. The number of rotatable bonds is 4. The van der Waals surface area contributed by atoms with Gasteiger partial charge in [0.05, 0.1) is 22.9 Å². The second-order valence-corrected chi connectivity index (χ2v) is 6.54. The molecule has 1 atom stereocenters. The summed E-state index contributed by atoms with van der Waals surface area (Å²) in [7, 11) is -3.70. The summed E-state index contributed by atoms with van der Waals surface area (Å²) in [4.78, 5) is 10.9. The summed E-state index contributed by atoms with van der Waals surface area (Å²) in [6, 6.07) is 7.07. The van der Waals surface area contributed by atoms with E-state index < -0.39 is 22.0 Å². The monoisotopic (exact) mass is 294 g/mol. The fraction of sp³-hybridized carbons (Fsp3) is 0.385. The Morgan fingerprint density at radius 1 is 1.40 bits per heavy atom. The first kappa shape index (κ1) is 14.5. The number of hydrogen-bond donors (Lipinski definition) is 1. The first-order valence-electron chi connectivity index (χ1n) is 6.19. The van der Waals surface area contributed by atoms with E-state index in [2.05, 4.69) is 0 Å². The van der Waals surface area contributed by atoms with Crippen molar-refractivity contribution in [2.24, 2.45) is 0 Å². The van der Waals surface area contributed by atoms with E-state index in [1.54, 1.807) is 0 Å². The van der Waals surface area contributed by atoms with Crippen LogP contribution in [0.4, 0.5) is 0 Å². The highest BCUT2D eigenvalue weighted by atomic mass is 32.2. The van der Waals surface area contributed by atoms with Gasteiger partial charge in [0.15, 0.2) is 0 Å². The summed E-state index contributed by atoms with van der Waals surface area (Å²) >= 11 is 0. The van der Waals surface area contributed by atoms with Gasteiger partial charge in [0.1, 0.15) is 0 Å². The molecule has 0 saturated carbocycles. The first-order valence-corrected chi connectivity index (χ1v) is 7.63. The van der Waals surface area contributed by atoms with Gasteiger partial charge >= 0.3 is 5.97 Å². The van der Waals surface area contributed by atoms with Crippen LogP contribution in [0.2, 0.25) is 0 Å². The third-order valence-electron chi connectivity index (χ3n) is 3.32. The molecule has 1 N–H and O–H groups in total. The molecule has 1 saturated heterocycles. The Bertz CT molecular complexity index is 646. The van der Waals surface area contributed by atoms with Gasteiger partial charge in [0.2, 0.25) is 10.0 Å². The Morgan fingerprint density at radius 2 is 2.05 bits per heavy atom. The van der Waals surface area contributed by atoms with Crippen molar-refractivity contribution in [1.82, 2.24) is 4.31 Å². The third-order valence-corrected chi connectivity index (χ3v) is 5.29. The maximum atomic E-state index is 12.5. The summed E-state index contributed by atoms with van der Waals surface area (Å²) in [6.45, 7) is 0.334. The average molecular weight is 294 g/mol. The van der Waals surface area contributed by atoms with Gasteiger partial charge in [-0.15, -0.1) is 0 Å². The smallest absolute Gasteiger partial charge is 0.304 e. The van der Waals surface area contributed by atoms with E-state index in [-0.39, 0.29) is 11.3 Å². The average Bonchev–Trinajstić information content (AvgIpc) is 2.87. The second kappa shape index (κ2) is 5.61. The molecule has 0 radical (unpaired) electrons. The van der Waals surface area contributed by atoms with Crippen LogP contribution in [-0.4, -0.2) is 36.4 Å². The molecule has 20 heavy (non-hydrogen) atoms. The number of hydrogen-bond acceptors (Lipinski definition) is 4. The van der Waals surface area contributed by atoms with E-state index in [1.165, 1.54) is 28.6 Å². The van der Waals surface area contributed by atoms with Crippen molar-refractivity contribution in [1.29, 1.82) is 5.26 Å². The number of aliphatic carboxylic acids is 1. The van der Waals surface area contributed by atoms with Crippen LogP contribution in [0.1, 0.15) is 24.8 Å². The van der Waals surface area contributed by atoms with Crippen molar-refractivity contribution >= 4 is 16.0 Å². The van der Waals surface area contributed by atoms with E-state index in [4.69, 9.17) is 10.4 Å². The molecule has 0 unspecified atom stereocenters. The summed E-state index contributed by atoms with van der Waals surface area (Å²) < 4.78 is 26.2. The topological polar surface area (TPSA) is 98.5 Å². The Kier molecular flexibility index (Phi) is 4.06. The molecule has 1 aliphatic heterocycles. The van der Waals surface area contributed by atoms with Gasteiger partial charge in [-0.1, -0.05) is 0 Å². The molecule has 1 fully saturated rings. The van der Waals surface area contributed by atoms with Gasteiger partial charge in [-0.3, -0.25) is 4.79 Å². The zero-order valence-corrected chi connectivity index (χ0v) is 11.5. The quantitative estimate of drug-likeness (QED) is 0.899. The van der Waals surface area contributed by atoms with Gasteiger partial charge in [0.25, 0.3) is 0 Å². The van der Waals surface area contributed by atoms with Crippen LogP contribution in [0.3, 0.4) is 0 Å². The highest BCUT2D eigenvalue weighted by Crippen LogP contribution is 2.27. The number of nitriles is 1. The van der Waals surface area contributed by atoms with Crippen LogP contribution < -0.4 is 0 Å². The van der Waals surface area contributed by atoms with Gasteiger partial charge in [-0.25, -0.2) is 8.42 Å². The molecule has 0 bridgehead atoms. The number of carbonyl (C=O) groups is 1. The standard InChI is InChI=1S/C13H14N2O4S/c14-9-10-3-5-12(6-4-10)20(18,19)15-7-1-2-11(15)8-13(16)17/h3-6,11H,1-2,7-8H2,(H,16,17)/t11-/m1/s1. The molecule has 0 aliphatic carbocycles. The number of nitrogens with zero attached hydrogens (tertiary/aromatic N) is 2. The predicted molar refractivity (Wildman–Crippen MR) is 70.3 cm³/mol. The maximum Gasteiger partial charge on any atom is 0.304 e. The molecule has 6 nitrogen and oxygen atoms in total. The molecule has 2 rings (SSSR count). The fourth-order valence-electron chi connectivity index (χ4n) is 2.37. The normalized spacial score (nSPS) is 19.6. The molecule has 106 valence electrons. The Hall–Kier alpha value is -1.91. The van der Waals surface area contributed by atoms with Crippen molar-refractivity contribution in [3.05, 3.63) is 29.8 Å². The largest absolute Gasteiger partial charge is 0.481 e. The van der Waals surface area contributed by atoms with Crippen LogP contribution in [0.15, 0.2) is 29.2 Å². The fourth-order valence-corrected chi connectivity index (χ4v) is 4.06. The van der Waals surface area contributed by atoms with E-state index in [0.29, 0.717) is 24.9 Å². The van der Waals surface area contributed by atoms with Crippen LogP contribution in [0.5, 0.6) is 0 Å². The highest BCUT2D eigenvalue weighted by molar-refractivity contribution is 7.89. The van der Waals surface area contributed by atoms with Crippen LogP contribution in [-0.2, 0) is 14.8 Å². The molecule has 0 amide bonds. The summed E-state index contributed by atoms with van der Waals surface area (Å²) in [5.41, 5.74) is 0.382. The SMILES string of the molecule is N#Cc1ccc(S(=O)(=O)N2CCC[C@@H]2CC(=O)O)cc1. The first-order chi connectivity index (χ1) is 9.45. The molecule has 1 aromatic rings. The molecule has 1 aromatic carbocycles. The number of carboxylic acids is 1. The van der Waals surface area contributed by atoms with E-state index >= 15 is 0 Å². The summed E-state index contributed by atoms with van der Waals surface area (Å²) in [5.74, 6) is -1.00. The number of carboxylic acid groups (broad SMARTS) is 1. The molecule has 0 spiro atoms. The number of sulfonamides is 1. The van der Waals surface area contributed by atoms with E-state index in [9.17, 15) is 13.2 Å². The number of benzene rings is 1. The molecule has 1 heterocycles. The molecular formula is C13H14N2O4S. The minimum absolute atomic E-state index is 0.0915. The Morgan fingerprint density at radius 3 is 2.60 bits per heavy atom. The maximum absolute atomic E-state index is 12.5. The van der Waals surface area contributed by atoms with Gasteiger partial charge in [-0.05, 0) is 37.1 Å². The van der Waals surface area contributed by atoms with Crippen molar-refractivity contribution in [2.45, 2.75) is 30.2 Å². The Balaban J connectivity index is 2.29. The molecular weight excluding hydrogens is 280 g/mol. The van der Waals surface area contributed by atoms with Gasteiger partial charge in [0, 0.05) is 12.6 Å². The zero-order valence-electron chi connectivity index (χ0n) is 10.7. The lowest BCUT2D eigenvalue weighted by molar-refractivity contribution is -0.137. The minimum atomic E-state index is -3.70. The molecule has 7 heteroatoms. The van der Waals surface area contributed by atoms with Crippen molar-refractivity contribution in [2.75, 3.05) is 6.54 Å². The minimum Gasteiger partial charge on any atom is -0.481 e. The highest BCUT2D eigenvalue weighted by Gasteiger charge is 2.36. The van der Waals surface area contributed by atoms with Crippen LogP contribution >= 0.6 is 0 Å². The van der Waals surface area contributed by atoms with Gasteiger partial charge in [-0.2, -0.15) is 9.57 Å². The van der Waals surface area contributed by atoms with Crippen LogP contribution in [0, 0.1) is 11.3 Å². The van der Waals surface area contributed by atoms with Gasteiger partial charge < -0.3 is 5.11 Å². The van der Waals surface area contributed by atoms with Crippen molar-refractivity contribution in [3.63, 3.8) is 0 Å². The van der Waals surface area contributed by atoms with Crippen molar-refractivity contribution < 1.29 is 18.3 Å². The summed E-state index contributed by atoms with van der Waals surface area (Å²) in [5, 5.41) is 17.5. The molecule has 0 aromatic heterocycles. The predicted octanol–water partition coefficient (Wildman–Crippen LogP) is 1.19. The second-order valence-electron chi connectivity index (χ2n) is 4.65. The Labute approximate surface area is 117 Å². The lowest BCUT2D eigenvalue weighted by Gasteiger charge is -2.22. The lowest BCUT2D eigenvalue weighted by atomic mass is 10.2. The third kappa shape index (κ3) is 2.81.